The average molecular weight is 449 g/mol. The van der Waals surface area contributed by atoms with Gasteiger partial charge in [0.05, 0.1) is 22.1 Å². The fraction of sp³-hybridized carbons (Fsp3) is 0.176. The number of hydroxylamine groups is 2. The summed E-state index contributed by atoms with van der Waals surface area (Å²) in [5.74, 6) is -1.39. The molecular formula is C17H12ClF3N2O5S. The molecule has 0 aliphatic rings. The molecule has 7 nitrogen and oxygen atoms in total. The van der Waals surface area contributed by atoms with E-state index in [0.717, 1.165) is 30.3 Å². The number of hydrogen-bond acceptors (Lipinski definition) is 6. The molecule has 0 atom stereocenters. The topological polar surface area (TPSA) is 92.9 Å². The van der Waals surface area contributed by atoms with E-state index in [9.17, 15) is 33.3 Å². The zero-order valence-corrected chi connectivity index (χ0v) is 16.1. The van der Waals surface area contributed by atoms with Crippen molar-refractivity contribution in [3.05, 3.63) is 62.7 Å². The second-order valence-corrected chi connectivity index (χ2v) is 6.85. The van der Waals surface area contributed by atoms with Crippen LogP contribution in [0.25, 0.3) is 0 Å². The van der Waals surface area contributed by atoms with E-state index in [0.29, 0.717) is 6.07 Å². The van der Waals surface area contributed by atoms with E-state index in [2.05, 4.69) is 0 Å². The van der Waals surface area contributed by atoms with E-state index in [1.165, 1.54) is 6.92 Å². The van der Waals surface area contributed by atoms with Crippen molar-refractivity contribution < 1.29 is 32.8 Å². The molecule has 29 heavy (non-hydrogen) atoms. The van der Waals surface area contributed by atoms with Gasteiger partial charge in [-0.15, -0.1) is 0 Å². The van der Waals surface area contributed by atoms with Crippen LogP contribution in [0.3, 0.4) is 0 Å². The molecule has 0 unspecified atom stereocenters. The van der Waals surface area contributed by atoms with Gasteiger partial charge in [0, 0.05) is 17.0 Å². The Bertz CT molecular complexity index is 984. The van der Waals surface area contributed by atoms with E-state index in [1.54, 1.807) is 0 Å². The summed E-state index contributed by atoms with van der Waals surface area (Å²) in [6, 6.07) is 5.44. The van der Waals surface area contributed by atoms with E-state index in [-0.39, 0.29) is 33.0 Å². The number of halogens is 4. The Balaban J connectivity index is 2.39. The van der Waals surface area contributed by atoms with Gasteiger partial charge in [0.1, 0.15) is 17.1 Å². The molecule has 12 heteroatoms. The van der Waals surface area contributed by atoms with Gasteiger partial charge in [0.15, 0.2) is 0 Å². The van der Waals surface area contributed by atoms with Crippen molar-refractivity contribution in [2.24, 2.45) is 0 Å². The highest BCUT2D eigenvalue weighted by molar-refractivity contribution is 7.80. The number of ether oxygens (including phenoxy) is 1. The lowest BCUT2D eigenvalue weighted by atomic mass is 10.1. The number of rotatable bonds is 6. The highest BCUT2D eigenvalue weighted by Crippen LogP contribution is 2.37. The predicted octanol–water partition coefficient (Wildman–Crippen LogP) is 5.28. The van der Waals surface area contributed by atoms with Crippen LogP contribution in [-0.4, -0.2) is 32.5 Å². The van der Waals surface area contributed by atoms with Crippen LogP contribution in [0.2, 0.25) is 5.02 Å². The molecule has 0 aliphatic carbocycles. The fourth-order valence-corrected chi connectivity index (χ4v) is 2.56. The summed E-state index contributed by atoms with van der Waals surface area (Å²) in [4.78, 5) is 22.9. The van der Waals surface area contributed by atoms with Gasteiger partial charge in [-0.05, 0) is 31.2 Å². The Kier molecular flexibility index (Phi) is 6.77. The number of nitrogens with zero attached hydrogens (tertiary/aromatic N) is 2. The number of thiocarbonyl (C=S) groups is 1. The van der Waals surface area contributed by atoms with Gasteiger partial charge in [0.25, 0.3) is 11.6 Å². The molecule has 0 heterocycles. The molecule has 2 aromatic rings. The van der Waals surface area contributed by atoms with Crippen molar-refractivity contribution in [1.82, 2.24) is 5.06 Å². The summed E-state index contributed by atoms with van der Waals surface area (Å²) >= 11 is 10.6. The van der Waals surface area contributed by atoms with Gasteiger partial charge < -0.3 is 4.74 Å². The lowest BCUT2D eigenvalue weighted by Gasteiger charge is -2.15. The quantitative estimate of drug-likeness (QED) is 0.280. The predicted molar refractivity (Wildman–Crippen MR) is 101 cm³/mol. The zero-order valence-electron chi connectivity index (χ0n) is 14.6. The maximum Gasteiger partial charge on any atom is 0.416 e. The molecule has 0 saturated carbocycles. The summed E-state index contributed by atoms with van der Waals surface area (Å²) < 4.78 is 43.5. The van der Waals surface area contributed by atoms with Crippen LogP contribution in [0.5, 0.6) is 11.5 Å². The number of carbonyl (C=O) groups is 1. The van der Waals surface area contributed by atoms with Crippen molar-refractivity contribution in [2.45, 2.75) is 13.1 Å². The van der Waals surface area contributed by atoms with Gasteiger partial charge in [-0.2, -0.15) is 13.2 Å². The minimum atomic E-state index is -4.60. The molecule has 0 spiro atoms. The Hall–Kier alpha value is -2.76. The lowest BCUT2D eigenvalue weighted by molar-refractivity contribution is -0.385. The SMILES string of the molecule is CC(=S)CN(O)C(=O)c1cc(Oc2ccc(C(F)(F)F)cc2Cl)ccc1[N+](=O)[O-]. The molecule has 0 radical (unpaired) electrons. The Morgan fingerprint density at radius 1 is 1.31 bits per heavy atom. The van der Waals surface area contributed by atoms with E-state index in [1.807, 2.05) is 0 Å². The first-order valence-electron chi connectivity index (χ1n) is 7.73. The Morgan fingerprint density at radius 2 is 1.97 bits per heavy atom. The molecule has 2 rings (SSSR count). The minimum Gasteiger partial charge on any atom is -0.456 e. The lowest BCUT2D eigenvalue weighted by Crippen LogP contribution is -2.31. The maximum atomic E-state index is 12.7. The monoisotopic (exact) mass is 448 g/mol. The fourth-order valence-electron chi connectivity index (χ4n) is 2.22. The molecule has 0 aliphatic heterocycles. The maximum absolute atomic E-state index is 12.7. The van der Waals surface area contributed by atoms with Crippen molar-refractivity contribution >= 4 is 40.3 Å². The second kappa shape index (κ2) is 8.72. The number of alkyl halides is 3. The van der Waals surface area contributed by atoms with E-state index >= 15 is 0 Å². The van der Waals surface area contributed by atoms with Crippen LogP contribution in [-0.2, 0) is 6.18 Å². The number of nitro benzene ring substituents is 1. The van der Waals surface area contributed by atoms with Crippen molar-refractivity contribution in [1.29, 1.82) is 0 Å². The van der Waals surface area contributed by atoms with Crippen LogP contribution >= 0.6 is 23.8 Å². The van der Waals surface area contributed by atoms with Gasteiger partial charge >= 0.3 is 6.18 Å². The van der Waals surface area contributed by atoms with E-state index < -0.39 is 33.8 Å². The molecule has 1 N–H and O–H groups in total. The number of carbonyl (C=O) groups excluding carboxylic acids is 1. The number of nitro groups is 1. The minimum absolute atomic E-state index is 0.118. The molecule has 0 saturated heterocycles. The first-order chi connectivity index (χ1) is 13.4. The van der Waals surface area contributed by atoms with Crippen LogP contribution in [0, 0.1) is 10.1 Å². The summed E-state index contributed by atoms with van der Waals surface area (Å²) in [6.45, 7) is 1.13. The van der Waals surface area contributed by atoms with Gasteiger partial charge in [-0.1, -0.05) is 23.8 Å². The molecule has 0 bridgehead atoms. The molecule has 2 aromatic carbocycles. The Labute approximate surface area is 172 Å². The number of hydrogen-bond donors (Lipinski definition) is 1. The van der Waals surface area contributed by atoms with Crippen LogP contribution in [0.15, 0.2) is 36.4 Å². The second-order valence-electron chi connectivity index (χ2n) is 5.75. The molecule has 154 valence electrons. The highest BCUT2D eigenvalue weighted by Gasteiger charge is 2.31. The number of benzene rings is 2. The zero-order chi connectivity index (χ0) is 21.9. The Morgan fingerprint density at radius 3 is 2.48 bits per heavy atom. The average Bonchev–Trinajstić information content (AvgIpc) is 2.61. The van der Waals surface area contributed by atoms with Crippen LogP contribution in [0.4, 0.5) is 18.9 Å². The first kappa shape index (κ1) is 22.5. The third-order valence-electron chi connectivity index (χ3n) is 3.49. The molecule has 1 amide bonds. The summed E-state index contributed by atoms with van der Waals surface area (Å²) in [6.07, 6.45) is -4.60. The molecule has 0 aromatic heterocycles. The largest absolute Gasteiger partial charge is 0.456 e. The van der Waals surface area contributed by atoms with Gasteiger partial charge in [-0.25, -0.2) is 5.06 Å². The summed E-state index contributed by atoms with van der Waals surface area (Å²) in [7, 11) is 0. The van der Waals surface area contributed by atoms with Crippen molar-refractivity contribution in [3.63, 3.8) is 0 Å². The third-order valence-corrected chi connectivity index (χ3v) is 3.91. The third kappa shape index (κ3) is 5.62. The van der Waals surface area contributed by atoms with Gasteiger partial charge in [0.2, 0.25) is 0 Å². The number of amides is 1. The van der Waals surface area contributed by atoms with Crippen molar-refractivity contribution in [3.8, 4) is 11.5 Å². The van der Waals surface area contributed by atoms with Crippen LogP contribution in [0.1, 0.15) is 22.8 Å². The molecule has 0 fully saturated rings. The van der Waals surface area contributed by atoms with Crippen molar-refractivity contribution in [2.75, 3.05) is 6.54 Å². The normalized spacial score (nSPS) is 11.1. The molecular weight excluding hydrogens is 437 g/mol. The first-order valence-corrected chi connectivity index (χ1v) is 8.52. The van der Waals surface area contributed by atoms with Gasteiger partial charge in [-0.3, -0.25) is 20.1 Å². The summed E-state index contributed by atoms with van der Waals surface area (Å²) in [5, 5.41) is 20.8. The van der Waals surface area contributed by atoms with Crippen LogP contribution < -0.4 is 4.74 Å². The highest BCUT2D eigenvalue weighted by atomic mass is 35.5. The standard InChI is InChI=1S/C17H12ClF3N2O5S/c1-9(29)8-22(25)16(24)12-7-11(3-4-14(12)23(26)27)28-15-5-2-10(6-13(15)18)17(19,20)21/h2-7,25H,8H2,1H3. The smallest absolute Gasteiger partial charge is 0.416 e. The summed E-state index contributed by atoms with van der Waals surface area (Å²) in [5.41, 5.74) is -2.10. The van der Waals surface area contributed by atoms with E-state index in [4.69, 9.17) is 28.6 Å².